The van der Waals surface area contributed by atoms with Gasteiger partial charge in [0.15, 0.2) is 0 Å². The Morgan fingerprint density at radius 1 is 1.14 bits per heavy atom. The molecule has 21 heavy (non-hydrogen) atoms. The van der Waals surface area contributed by atoms with E-state index in [4.69, 9.17) is 0 Å². The third-order valence-electron chi connectivity index (χ3n) is 4.62. The van der Waals surface area contributed by atoms with E-state index in [1.54, 1.807) is 0 Å². The molecule has 3 rings (SSSR count). The topological polar surface area (TPSA) is 42.0 Å². The smallest absolute Gasteiger partial charge is 0.228 e. The zero-order valence-electron chi connectivity index (χ0n) is 12.5. The number of nitrogens with one attached hydrogen (secondary N) is 1. The molecule has 1 unspecified atom stereocenters. The second kappa shape index (κ2) is 6.25. The Balaban J connectivity index is 1.70. The SMILES string of the molecule is CC(C(=O)Nc1ccc2ccccc2n1)C1CCCCC1. The van der Waals surface area contributed by atoms with Crippen molar-refractivity contribution in [3.05, 3.63) is 36.4 Å². The summed E-state index contributed by atoms with van der Waals surface area (Å²) >= 11 is 0. The summed E-state index contributed by atoms with van der Waals surface area (Å²) in [6.07, 6.45) is 6.20. The minimum absolute atomic E-state index is 0.0681. The zero-order valence-corrected chi connectivity index (χ0v) is 12.5. The molecule has 0 bridgehead atoms. The molecule has 0 aliphatic heterocycles. The summed E-state index contributed by atoms with van der Waals surface area (Å²) < 4.78 is 0. The number of rotatable bonds is 3. The van der Waals surface area contributed by atoms with E-state index in [2.05, 4.69) is 10.3 Å². The number of aromatic nitrogens is 1. The molecule has 3 heteroatoms. The molecule has 0 saturated heterocycles. The Morgan fingerprint density at radius 3 is 2.71 bits per heavy atom. The van der Waals surface area contributed by atoms with Crippen molar-refractivity contribution in [3.63, 3.8) is 0 Å². The van der Waals surface area contributed by atoms with Crippen LogP contribution in [0.25, 0.3) is 10.9 Å². The molecule has 2 aromatic rings. The first kappa shape index (κ1) is 14.1. The minimum Gasteiger partial charge on any atom is -0.310 e. The molecular weight excluding hydrogens is 260 g/mol. The first-order valence-corrected chi connectivity index (χ1v) is 7.91. The van der Waals surface area contributed by atoms with E-state index >= 15 is 0 Å². The Bertz CT molecular complexity index is 632. The van der Waals surface area contributed by atoms with Gasteiger partial charge in [0.2, 0.25) is 5.91 Å². The first-order chi connectivity index (χ1) is 10.2. The molecule has 1 aliphatic rings. The van der Waals surface area contributed by atoms with E-state index in [9.17, 15) is 4.79 Å². The molecule has 1 heterocycles. The fourth-order valence-corrected chi connectivity index (χ4v) is 3.22. The van der Waals surface area contributed by atoms with Gasteiger partial charge in [-0.3, -0.25) is 4.79 Å². The molecule has 1 aromatic heterocycles. The van der Waals surface area contributed by atoms with Crippen LogP contribution < -0.4 is 5.32 Å². The number of fused-ring (bicyclic) bond motifs is 1. The first-order valence-electron chi connectivity index (χ1n) is 7.91. The fraction of sp³-hybridized carbons (Fsp3) is 0.444. The number of pyridine rings is 1. The maximum absolute atomic E-state index is 12.4. The third kappa shape index (κ3) is 3.23. The van der Waals surface area contributed by atoms with Crippen LogP contribution in [0, 0.1) is 11.8 Å². The molecule has 1 saturated carbocycles. The fourth-order valence-electron chi connectivity index (χ4n) is 3.22. The van der Waals surface area contributed by atoms with Crippen LogP contribution in [0.5, 0.6) is 0 Å². The molecular formula is C18H22N2O. The van der Waals surface area contributed by atoms with Crippen molar-refractivity contribution < 1.29 is 4.79 Å². The van der Waals surface area contributed by atoms with Crippen molar-refractivity contribution in [3.8, 4) is 0 Å². The summed E-state index contributed by atoms with van der Waals surface area (Å²) in [5.74, 6) is 1.35. The lowest BCUT2D eigenvalue weighted by atomic mass is 9.80. The van der Waals surface area contributed by atoms with Crippen LogP contribution >= 0.6 is 0 Å². The number of benzene rings is 1. The summed E-state index contributed by atoms with van der Waals surface area (Å²) in [6.45, 7) is 2.05. The molecule has 0 spiro atoms. The van der Waals surface area contributed by atoms with Gasteiger partial charge in [-0.2, -0.15) is 0 Å². The van der Waals surface area contributed by atoms with Gasteiger partial charge in [0, 0.05) is 11.3 Å². The Kier molecular flexibility index (Phi) is 4.18. The maximum atomic E-state index is 12.4. The van der Waals surface area contributed by atoms with Crippen molar-refractivity contribution in [2.45, 2.75) is 39.0 Å². The summed E-state index contributed by atoms with van der Waals surface area (Å²) in [5, 5.41) is 4.07. The summed E-state index contributed by atoms with van der Waals surface area (Å²) in [5.41, 5.74) is 0.917. The Morgan fingerprint density at radius 2 is 1.90 bits per heavy atom. The number of hydrogen-bond donors (Lipinski definition) is 1. The largest absolute Gasteiger partial charge is 0.310 e. The van der Waals surface area contributed by atoms with Crippen LogP contribution in [-0.2, 0) is 4.79 Å². The van der Waals surface area contributed by atoms with Gasteiger partial charge in [-0.05, 0) is 37.0 Å². The van der Waals surface area contributed by atoms with Gasteiger partial charge in [-0.15, -0.1) is 0 Å². The molecule has 110 valence electrons. The molecule has 1 atom stereocenters. The quantitative estimate of drug-likeness (QED) is 0.907. The standard InChI is InChI=1S/C18H22N2O/c1-13(14-7-3-2-4-8-14)18(21)20-17-12-11-15-9-5-6-10-16(15)19-17/h5-6,9-14H,2-4,7-8H2,1H3,(H,19,20,21). The van der Waals surface area contributed by atoms with Crippen LogP contribution in [0.3, 0.4) is 0 Å². The lowest BCUT2D eigenvalue weighted by Gasteiger charge is -2.26. The van der Waals surface area contributed by atoms with Gasteiger partial charge >= 0.3 is 0 Å². The predicted octanol–water partition coefficient (Wildman–Crippen LogP) is 4.39. The Labute approximate surface area is 125 Å². The molecule has 3 nitrogen and oxygen atoms in total. The molecule has 1 fully saturated rings. The highest BCUT2D eigenvalue weighted by Crippen LogP contribution is 2.30. The lowest BCUT2D eigenvalue weighted by molar-refractivity contribution is -0.121. The van der Waals surface area contributed by atoms with Gasteiger partial charge in [0.25, 0.3) is 0 Å². The van der Waals surface area contributed by atoms with Crippen LogP contribution in [0.15, 0.2) is 36.4 Å². The molecule has 0 radical (unpaired) electrons. The van der Waals surface area contributed by atoms with E-state index in [0.29, 0.717) is 11.7 Å². The van der Waals surface area contributed by atoms with Gasteiger partial charge in [-0.1, -0.05) is 44.4 Å². The van der Waals surface area contributed by atoms with Crippen LogP contribution in [-0.4, -0.2) is 10.9 Å². The Hall–Kier alpha value is -1.90. The van der Waals surface area contributed by atoms with Crippen molar-refractivity contribution >= 4 is 22.6 Å². The third-order valence-corrected chi connectivity index (χ3v) is 4.62. The van der Waals surface area contributed by atoms with Crippen molar-refractivity contribution in [1.82, 2.24) is 4.98 Å². The molecule has 1 amide bonds. The number of hydrogen-bond acceptors (Lipinski definition) is 2. The van der Waals surface area contributed by atoms with E-state index in [-0.39, 0.29) is 11.8 Å². The monoisotopic (exact) mass is 282 g/mol. The number of anilines is 1. The van der Waals surface area contributed by atoms with Crippen molar-refractivity contribution in [1.29, 1.82) is 0 Å². The second-order valence-electron chi connectivity index (χ2n) is 6.07. The van der Waals surface area contributed by atoms with Gasteiger partial charge < -0.3 is 5.32 Å². The highest BCUT2D eigenvalue weighted by atomic mass is 16.1. The van der Waals surface area contributed by atoms with Crippen molar-refractivity contribution in [2.75, 3.05) is 5.32 Å². The van der Waals surface area contributed by atoms with Crippen LogP contribution in [0.2, 0.25) is 0 Å². The average Bonchev–Trinajstić information content (AvgIpc) is 2.55. The summed E-state index contributed by atoms with van der Waals surface area (Å²) in [7, 11) is 0. The highest BCUT2D eigenvalue weighted by molar-refractivity contribution is 5.93. The summed E-state index contributed by atoms with van der Waals surface area (Å²) in [6, 6.07) is 11.8. The van der Waals surface area contributed by atoms with E-state index in [1.165, 1.54) is 32.1 Å². The maximum Gasteiger partial charge on any atom is 0.228 e. The summed E-state index contributed by atoms with van der Waals surface area (Å²) in [4.78, 5) is 16.9. The van der Waals surface area contributed by atoms with Gasteiger partial charge in [0.1, 0.15) is 5.82 Å². The number of carbonyl (C=O) groups excluding carboxylic acids is 1. The van der Waals surface area contributed by atoms with E-state index in [1.807, 2.05) is 43.3 Å². The zero-order chi connectivity index (χ0) is 14.7. The number of amides is 1. The normalized spacial score (nSPS) is 17.6. The minimum atomic E-state index is 0.0681. The predicted molar refractivity (Wildman–Crippen MR) is 86.1 cm³/mol. The number of para-hydroxylation sites is 1. The second-order valence-corrected chi connectivity index (χ2v) is 6.07. The highest BCUT2D eigenvalue weighted by Gasteiger charge is 2.25. The molecule has 1 N–H and O–H groups in total. The molecule has 1 aromatic carbocycles. The van der Waals surface area contributed by atoms with Crippen molar-refractivity contribution in [2.24, 2.45) is 11.8 Å². The van der Waals surface area contributed by atoms with Crippen LogP contribution in [0.4, 0.5) is 5.82 Å². The van der Waals surface area contributed by atoms with E-state index in [0.717, 1.165) is 10.9 Å². The van der Waals surface area contributed by atoms with Gasteiger partial charge in [-0.25, -0.2) is 4.98 Å². The van der Waals surface area contributed by atoms with Crippen LogP contribution in [0.1, 0.15) is 39.0 Å². The van der Waals surface area contributed by atoms with Gasteiger partial charge in [0.05, 0.1) is 5.52 Å². The average molecular weight is 282 g/mol. The lowest BCUT2D eigenvalue weighted by Crippen LogP contribution is -2.28. The van der Waals surface area contributed by atoms with E-state index < -0.39 is 0 Å². The number of carbonyl (C=O) groups is 1. The number of nitrogens with zero attached hydrogens (tertiary/aromatic N) is 1. The molecule has 1 aliphatic carbocycles.